The van der Waals surface area contributed by atoms with Gasteiger partial charge in [0.05, 0.1) is 0 Å². The Bertz CT molecular complexity index is 645. The molecular formula is C18H25Cl2N3O. The van der Waals surface area contributed by atoms with Gasteiger partial charge in [0.25, 0.3) is 5.91 Å². The molecule has 0 saturated carbocycles. The van der Waals surface area contributed by atoms with Crippen LogP contribution in [0.5, 0.6) is 0 Å². The molecule has 1 aromatic heterocycles. The molecule has 0 bridgehead atoms. The number of nitrogens with two attached hydrogens (primary N) is 1. The molecule has 24 heavy (non-hydrogen) atoms. The van der Waals surface area contributed by atoms with Crippen molar-refractivity contribution in [1.29, 1.82) is 0 Å². The molecule has 1 heterocycles. The van der Waals surface area contributed by atoms with Crippen molar-refractivity contribution in [2.24, 2.45) is 5.73 Å². The van der Waals surface area contributed by atoms with Crippen molar-refractivity contribution in [3.63, 3.8) is 0 Å². The van der Waals surface area contributed by atoms with Crippen molar-refractivity contribution in [3.05, 3.63) is 65.0 Å². The number of carbonyl (C=O) groups excluding carboxylic acids is 1. The number of aromatic nitrogens is 1. The van der Waals surface area contributed by atoms with Crippen LogP contribution in [0.3, 0.4) is 0 Å². The highest BCUT2D eigenvalue weighted by Gasteiger charge is 2.11. The summed E-state index contributed by atoms with van der Waals surface area (Å²) in [6, 6.07) is 13.4. The lowest BCUT2D eigenvalue weighted by Crippen LogP contribution is -2.32. The second-order valence-electron chi connectivity index (χ2n) is 5.80. The van der Waals surface area contributed by atoms with Gasteiger partial charge in [0.2, 0.25) is 0 Å². The number of benzene rings is 1. The van der Waals surface area contributed by atoms with Gasteiger partial charge in [-0.25, -0.2) is 4.98 Å². The first-order valence-corrected chi connectivity index (χ1v) is 7.54. The van der Waals surface area contributed by atoms with Gasteiger partial charge in [0.15, 0.2) is 0 Å². The maximum Gasteiger partial charge on any atom is 0.269 e. The summed E-state index contributed by atoms with van der Waals surface area (Å²) < 4.78 is 0. The Hall–Kier alpha value is -1.62. The van der Waals surface area contributed by atoms with Gasteiger partial charge < -0.3 is 11.1 Å². The first-order chi connectivity index (χ1) is 10.5. The second-order valence-corrected chi connectivity index (χ2v) is 5.80. The van der Waals surface area contributed by atoms with Crippen molar-refractivity contribution in [3.8, 4) is 0 Å². The van der Waals surface area contributed by atoms with Crippen LogP contribution < -0.4 is 11.1 Å². The fourth-order valence-electron chi connectivity index (χ4n) is 2.21. The predicted octanol–water partition coefficient (Wildman–Crippen LogP) is 3.79. The Morgan fingerprint density at radius 3 is 2.21 bits per heavy atom. The maximum absolute atomic E-state index is 12.0. The molecule has 0 radical (unpaired) electrons. The highest BCUT2D eigenvalue weighted by Crippen LogP contribution is 2.17. The standard InChI is InChI=1S/C18H23N3O.2ClH/c1-12(2)14-7-9-15(10-8-14)16(19)11-20-18(22)17-6-4-5-13(3)21-17;;/h4-10,12,16H,11,19H2,1-3H3,(H,20,22);2*1H. The lowest BCUT2D eigenvalue weighted by atomic mass is 9.99. The van der Waals surface area contributed by atoms with E-state index in [2.05, 4.69) is 36.3 Å². The van der Waals surface area contributed by atoms with Crippen molar-refractivity contribution in [2.75, 3.05) is 6.54 Å². The van der Waals surface area contributed by atoms with E-state index in [0.717, 1.165) is 11.3 Å². The second kappa shape index (κ2) is 10.3. The first-order valence-electron chi connectivity index (χ1n) is 7.54. The molecule has 0 spiro atoms. The molecule has 1 atom stereocenters. The van der Waals surface area contributed by atoms with E-state index < -0.39 is 0 Å². The molecular weight excluding hydrogens is 345 g/mol. The fraction of sp³-hybridized carbons (Fsp3) is 0.333. The zero-order valence-corrected chi connectivity index (χ0v) is 15.8. The summed E-state index contributed by atoms with van der Waals surface area (Å²) in [5.74, 6) is 0.301. The van der Waals surface area contributed by atoms with Gasteiger partial charge in [-0.15, -0.1) is 24.8 Å². The highest BCUT2D eigenvalue weighted by molar-refractivity contribution is 5.92. The molecule has 3 N–H and O–H groups in total. The summed E-state index contributed by atoms with van der Waals surface area (Å²) in [6.45, 7) is 6.56. The summed E-state index contributed by atoms with van der Waals surface area (Å²) in [6.07, 6.45) is 0. The summed E-state index contributed by atoms with van der Waals surface area (Å²) in [5, 5.41) is 2.84. The van der Waals surface area contributed by atoms with E-state index in [0.29, 0.717) is 18.2 Å². The van der Waals surface area contributed by atoms with Gasteiger partial charge in [-0.2, -0.15) is 0 Å². The van der Waals surface area contributed by atoms with Crippen LogP contribution in [0, 0.1) is 6.92 Å². The third-order valence-corrected chi connectivity index (χ3v) is 3.63. The Balaban J connectivity index is 0.00000264. The average molecular weight is 370 g/mol. The molecule has 6 heteroatoms. The largest absolute Gasteiger partial charge is 0.349 e. The zero-order valence-electron chi connectivity index (χ0n) is 14.2. The molecule has 132 valence electrons. The highest BCUT2D eigenvalue weighted by atomic mass is 35.5. The third-order valence-electron chi connectivity index (χ3n) is 3.63. The lowest BCUT2D eigenvalue weighted by Gasteiger charge is -2.14. The number of carbonyl (C=O) groups is 1. The molecule has 1 aromatic carbocycles. The average Bonchev–Trinajstić information content (AvgIpc) is 2.52. The van der Waals surface area contributed by atoms with Crippen LogP contribution in [0.4, 0.5) is 0 Å². The first kappa shape index (κ1) is 22.4. The van der Waals surface area contributed by atoms with Gasteiger partial charge in [-0.1, -0.05) is 44.2 Å². The molecule has 2 aromatic rings. The fourth-order valence-corrected chi connectivity index (χ4v) is 2.21. The van der Waals surface area contributed by atoms with E-state index in [9.17, 15) is 4.79 Å². The minimum Gasteiger partial charge on any atom is -0.349 e. The van der Waals surface area contributed by atoms with E-state index >= 15 is 0 Å². The number of nitrogens with zero attached hydrogens (tertiary/aromatic N) is 1. The monoisotopic (exact) mass is 369 g/mol. The minimum atomic E-state index is -0.227. The minimum absolute atomic E-state index is 0. The molecule has 2 rings (SSSR count). The Kier molecular flexibility index (Phi) is 9.59. The molecule has 0 aliphatic rings. The maximum atomic E-state index is 12.0. The number of amides is 1. The summed E-state index contributed by atoms with van der Waals surface area (Å²) >= 11 is 0. The smallest absolute Gasteiger partial charge is 0.269 e. The van der Waals surface area contributed by atoms with E-state index in [1.165, 1.54) is 5.56 Å². The quantitative estimate of drug-likeness (QED) is 0.842. The van der Waals surface area contributed by atoms with E-state index in [-0.39, 0.29) is 36.8 Å². The number of aryl methyl sites for hydroxylation is 1. The number of halogens is 2. The van der Waals surface area contributed by atoms with Crippen molar-refractivity contribution < 1.29 is 4.79 Å². The Morgan fingerprint density at radius 1 is 1.08 bits per heavy atom. The van der Waals surface area contributed by atoms with E-state index in [1.807, 2.05) is 31.2 Å². The molecule has 4 nitrogen and oxygen atoms in total. The topological polar surface area (TPSA) is 68.0 Å². The lowest BCUT2D eigenvalue weighted by molar-refractivity contribution is 0.0946. The number of pyridine rings is 1. The van der Waals surface area contributed by atoms with Crippen LogP contribution in [-0.4, -0.2) is 17.4 Å². The van der Waals surface area contributed by atoms with Crippen molar-refractivity contribution in [2.45, 2.75) is 32.7 Å². The SMILES string of the molecule is Cc1cccc(C(=O)NCC(N)c2ccc(C(C)C)cc2)n1.Cl.Cl. The van der Waals surface area contributed by atoms with Crippen LogP contribution in [-0.2, 0) is 0 Å². The summed E-state index contributed by atoms with van der Waals surface area (Å²) in [4.78, 5) is 16.2. The molecule has 0 aliphatic carbocycles. The summed E-state index contributed by atoms with van der Waals surface area (Å²) in [7, 11) is 0. The van der Waals surface area contributed by atoms with E-state index in [4.69, 9.17) is 5.73 Å². The van der Waals surface area contributed by atoms with Gasteiger partial charge in [0, 0.05) is 18.3 Å². The van der Waals surface area contributed by atoms with Crippen LogP contribution in [0.25, 0.3) is 0 Å². The summed E-state index contributed by atoms with van der Waals surface area (Å²) in [5.41, 5.74) is 9.68. The van der Waals surface area contributed by atoms with Crippen LogP contribution in [0.15, 0.2) is 42.5 Å². The number of hydrogen-bond acceptors (Lipinski definition) is 3. The Labute approximate surface area is 156 Å². The van der Waals surface area contributed by atoms with Gasteiger partial charge in [-0.05, 0) is 36.1 Å². The Morgan fingerprint density at radius 2 is 1.67 bits per heavy atom. The van der Waals surface area contributed by atoms with Gasteiger partial charge in [0.1, 0.15) is 5.69 Å². The predicted molar refractivity (Wildman–Crippen MR) is 103 cm³/mol. The number of nitrogens with one attached hydrogen (secondary N) is 1. The zero-order chi connectivity index (χ0) is 16.1. The van der Waals surface area contributed by atoms with Crippen molar-refractivity contribution >= 4 is 30.7 Å². The van der Waals surface area contributed by atoms with Gasteiger partial charge >= 0.3 is 0 Å². The number of rotatable bonds is 5. The van der Waals surface area contributed by atoms with Crippen LogP contribution in [0.2, 0.25) is 0 Å². The van der Waals surface area contributed by atoms with Gasteiger partial charge in [-0.3, -0.25) is 4.79 Å². The molecule has 0 fully saturated rings. The van der Waals surface area contributed by atoms with Crippen molar-refractivity contribution in [1.82, 2.24) is 10.3 Å². The normalized spacial score (nSPS) is 11.2. The van der Waals surface area contributed by atoms with Crippen LogP contribution in [0.1, 0.15) is 53.1 Å². The number of hydrogen-bond donors (Lipinski definition) is 2. The molecule has 1 unspecified atom stereocenters. The molecule has 1 amide bonds. The van der Waals surface area contributed by atoms with Crippen LogP contribution >= 0.6 is 24.8 Å². The molecule has 0 saturated heterocycles. The third kappa shape index (κ3) is 6.11. The molecule has 0 aliphatic heterocycles. The van der Waals surface area contributed by atoms with E-state index in [1.54, 1.807) is 6.07 Å².